The highest BCUT2D eigenvalue weighted by molar-refractivity contribution is 5.88. The zero-order valence-corrected chi connectivity index (χ0v) is 12.1. The lowest BCUT2D eigenvalue weighted by Crippen LogP contribution is -2.12. The molecule has 1 N–H and O–H groups in total. The Morgan fingerprint density at radius 2 is 2.11 bits per heavy atom. The molecule has 0 aliphatic carbocycles. The van der Waals surface area contributed by atoms with Gasteiger partial charge in [-0.2, -0.15) is 0 Å². The minimum atomic E-state index is -0.899. The fourth-order valence-corrected chi connectivity index (χ4v) is 2.05. The lowest BCUT2D eigenvalue weighted by atomic mass is 10.0. The smallest absolute Gasteiger partial charge is 0.335 e. The second-order valence-corrected chi connectivity index (χ2v) is 5.01. The number of aromatic carboxylic acids is 1. The molecule has 106 valence electrons. The van der Waals surface area contributed by atoms with Gasteiger partial charge in [-0.3, -0.25) is 0 Å². The van der Waals surface area contributed by atoms with Crippen molar-refractivity contribution in [3.05, 3.63) is 29.3 Å². The highest BCUT2D eigenvalue weighted by Gasteiger charge is 2.10. The van der Waals surface area contributed by atoms with Gasteiger partial charge in [0.25, 0.3) is 0 Å². The quantitative estimate of drug-likeness (QED) is 0.762. The second-order valence-electron chi connectivity index (χ2n) is 5.01. The van der Waals surface area contributed by atoms with Crippen LogP contribution in [0.5, 0.6) is 5.75 Å². The van der Waals surface area contributed by atoms with E-state index < -0.39 is 5.97 Å². The SMILES string of the molecule is CCCCC(CC)COc1ccc(C(=O)O)cc1C. The first-order valence-corrected chi connectivity index (χ1v) is 7.05. The summed E-state index contributed by atoms with van der Waals surface area (Å²) in [6.07, 6.45) is 4.76. The van der Waals surface area contributed by atoms with Crippen molar-refractivity contribution in [1.82, 2.24) is 0 Å². The molecule has 0 fully saturated rings. The molecule has 0 saturated carbocycles. The van der Waals surface area contributed by atoms with Crippen molar-refractivity contribution in [1.29, 1.82) is 0 Å². The maximum absolute atomic E-state index is 10.9. The summed E-state index contributed by atoms with van der Waals surface area (Å²) < 4.78 is 5.83. The van der Waals surface area contributed by atoms with Gasteiger partial charge in [0.1, 0.15) is 5.75 Å². The summed E-state index contributed by atoms with van der Waals surface area (Å²) in [7, 11) is 0. The summed E-state index contributed by atoms with van der Waals surface area (Å²) in [5.74, 6) is 0.475. The van der Waals surface area contributed by atoms with Gasteiger partial charge in [0.05, 0.1) is 12.2 Å². The number of rotatable bonds is 8. The fourth-order valence-electron chi connectivity index (χ4n) is 2.05. The maximum atomic E-state index is 10.9. The van der Waals surface area contributed by atoms with Crippen molar-refractivity contribution in [3.8, 4) is 5.75 Å². The van der Waals surface area contributed by atoms with E-state index in [0.717, 1.165) is 17.7 Å². The first kappa shape index (κ1) is 15.5. The molecule has 19 heavy (non-hydrogen) atoms. The third-order valence-corrected chi connectivity index (χ3v) is 3.44. The molecule has 0 aliphatic heterocycles. The molecule has 3 nitrogen and oxygen atoms in total. The summed E-state index contributed by atoms with van der Waals surface area (Å²) in [4.78, 5) is 10.9. The van der Waals surface area contributed by atoms with Crippen LogP contribution in [0.1, 0.15) is 55.5 Å². The van der Waals surface area contributed by atoms with E-state index in [1.54, 1.807) is 18.2 Å². The normalized spacial score (nSPS) is 12.2. The molecular formula is C16H24O3. The van der Waals surface area contributed by atoms with E-state index in [1.807, 2.05) is 6.92 Å². The number of hydrogen-bond acceptors (Lipinski definition) is 2. The molecule has 0 aliphatic rings. The maximum Gasteiger partial charge on any atom is 0.335 e. The van der Waals surface area contributed by atoms with Crippen molar-refractivity contribution in [3.63, 3.8) is 0 Å². The van der Waals surface area contributed by atoms with Gasteiger partial charge in [0.2, 0.25) is 0 Å². The van der Waals surface area contributed by atoms with Crippen LogP contribution in [0.2, 0.25) is 0 Å². The van der Waals surface area contributed by atoms with Crippen molar-refractivity contribution in [2.75, 3.05) is 6.61 Å². The Balaban J connectivity index is 2.59. The number of carboxylic acid groups (broad SMARTS) is 1. The van der Waals surface area contributed by atoms with E-state index in [2.05, 4.69) is 13.8 Å². The van der Waals surface area contributed by atoms with Crippen molar-refractivity contribution in [2.24, 2.45) is 5.92 Å². The summed E-state index contributed by atoms with van der Waals surface area (Å²) in [6.45, 7) is 6.98. The monoisotopic (exact) mass is 264 g/mol. The molecule has 0 bridgehead atoms. The molecule has 0 saturated heterocycles. The van der Waals surface area contributed by atoms with Crippen LogP contribution in [0.15, 0.2) is 18.2 Å². The molecule has 1 aromatic carbocycles. The van der Waals surface area contributed by atoms with E-state index in [0.29, 0.717) is 18.1 Å². The van der Waals surface area contributed by atoms with Crippen LogP contribution in [0.25, 0.3) is 0 Å². The van der Waals surface area contributed by atoms with Crippen molar-refractivity contribution in [2.45, 2.75) is 46.5 Å². The Labute approximate surface area is 115 Å². The lowest BCUT2D eigenvalue weighted by Gasteiger charge is -2.16. The molecule has 0 aromatic heterocycles. The minimum Gasteiger partial charge on any atom is -0.493 e. The van der Waals surface area contributed by atoms with Crippen LogP contribution in [-0.4, -0.2) is 17.7 Å². The predicted molar refractivity (Wildman–Crippen MR) is 76.9 cm³/mol. The Morgan fingerprint density at radius 3 is 2.63 bits per heavy atom. The van der Waals surface area contributed by atoms with Gasteiger partial charge in [-0.1, -0.05) is 33.1 Å². The van der Waals surface area contributed by atoms with Gasteiger partial charge < -0.3 is 9.84 Å². The number of carboxylic acids is 1. The number of carbonyl (C=O) groups is 1. The molecule has 0 radical (unpaired) electrons. The van der Waals surface area contributed by atoms with E-state index in [1.165, 1.54) is 19.3 Å². The topological polar surface area (TPSA) is 46.5 Å². The third-order valence-electron chi connectivity index (χ3n) is 3.44. The largest absolute Gasteiger partial charge is 0.493 e. The average Bonchev–Trinajstić information content (AvgIpc) is 2.40. The van der Waals surface area contributed by atoms with Crippen molar-refractivity contribution < 1.29 is 14.6 Å². The Hall–Kier alpha value is -1.51. The first-order valence-electron chi connectivity index (χ1n) is 7.05. The van der Waals surface area contributed by atoms with Crippen LogP contribution in [0.3, 0.4) is 0 Å². The average molecular weight is 264 g/mol. The van der Waals surface area contributed by atoms with Gasteiger partial charge in [-0.15, -0.1) is 0 Å². The van der Waals surface area contributed by atoms with Crippen LogP contribution >= 0.6 is 0 Å². The Bertz CT molecular complexity index is 412. The number of aryl methyl sites for hydroxylation is 1. The number of benzene rings is 1. The van der Waals surface area contributed by atoms with Gasteiger partial charge in [-0.25, -0.2) is 4.79 Å². The number of unbranched alkanes of at least 4 members (excludes halogenated alkanes) is 1. The summed E-state index contributed by atoms with van der Waals surface area (Å²) in [5, 5.41) is 8.91. The minimum absolute atomic E-state index is 0.308. The first-order chi connectivity index (χ1) is 9.08. The van der Waals surface area contributed by atoms with Crippen molar-refractivity contribution >= 4 is 5.97 Å². The van der Waals surface area contributed by atoms with E-state index >= 15 is 0 Å². The molecule has 1 unspecified atom stereocenters. The highest BCUT2D eigenvalue weighted by Crippen LogP contribution is 2.21. The molecule has 0 heterocycles. The van der Waals surface area contributed by atoms with Gasteiger partial charge in [-0.05, 0) is 43.0 Å². The summed E-state index contributed by atoms with van der Waals surface area (Å²) in [5.41, 5.74) is 1.19. The van der Waals surface area contributed by atoms with Crippen LogP contribution in [0.4, 0.5) is 0 Å². The number of ether oxygens (including phenoxy) is 1. The molecule has 1 atom stereocenters. The standard InChI is InChI=1S/C16H24O3/c1-4-6-7-13(5-2)11-19-15-9-8-14(16(17)18)10-12(15)3/h8-10,13H,4-7,11H2,1-3H3,(H,17,18). The van der Waals surface area contributed by atoms with E-state index in [9.17, 15) is 4.79 Å². The second kappa shape index (κ2) is 7.82. The fraction of sp³-hybridized carbons (Fsp3) is 0.562. The van der Waals surface area contributed by atoms with Crippen LogP contribution < -0.4 is 4.74 Å². The summed E-state index contributed by atoms with van der Waals surface area (Å²) >= 11 is 0. The third kappa shape index (κ3) is 4.93. The van der Waals surface area contributed by atoms with Crippen LogP contribution in [-0.2, 0) is 0 Å². The Kier molecular flexibility index (Phi) is 6.40. The van der Waals surface area contributed by atoms with Gasteiger partial charge in [0.15, 0.2) is 0 Å². The van der Waals surface area contributed by atoms with E-state index in [-0.39, 0.29) is 0 Å². The van der Waals surface area contributed by atoms with E-state index in [4.69, 9.17) is 9.84 Å². The molecule has 1 aromatic rings. The number of hydrogen-bond donors (Lipinski definition) is 1. The molecule has 0 amide bonds. The highest BCUT2D eigenvalue weighted by atomic mass is 16.5. The molecule has 3 heteroatoms. The molecule has 1 rings (SSSR count). The van der Waals surface area contributed by atoms with Gasteiger partial charge >= 0.3 is 5.97 Å². The zero-order valence-electron chi connectivity index (χ0n) is 12.1. The zero-order chi connectivity index (χ0) is 14.3. The molecular weight excluding hydrogens is 240 g/mol. The lowest BCUT2D eigenvalue weighted by molar-refractivity contribution is 0.0696. The summed E-state index contributed by atoms with van der Waals surface area (Å²) in [6, 6.07) is 5.01. The predicted octanol–water partition coefficient (Wildman–Crippen LogP) is 4.29. The Morgan fingerprint density at radius 1 is 1.37 bits per heavy atom. The van der Waals surface area contributed by atoms with Crippen LogP contribution in [0, 0.1) is 12.8 Å². The molecule has 0 spiro atoms. The van der Waals surface area contributed by atoms with Gasteiger partial charge in [0, 0.05) is 0 Å².